The summed E-state index contributed by atoms with van der Waals surface area (Å²) in [5.41, 5.74) is 2.13. The van der Waals surface area contributed by atoms with Crippen molar-refractivity contribution in [3.05, 3.63) is 46.5 Å². The van der Waals surface area contributed by atoms with Crippen molar-refractivity contribution in [2.24, 2.45) is 0 Å². The van der Waals surface area contributed by atoms with Gasteiger partial charge in [0.25, 0.3) is 0 Å². The van der Waals surface area contributed by atoms with Gasteiger partial charge in [-0.1, -0.05) is 0 Å². The van der Waals surface area contributed by atoms with Crippen LogP contribution in [0, 0.1) is 0 Å². The Morgan fingerprint density at radius 2 is 0.929 bits per heavy atom. The molecule has 0 bridgehead atoms. The molecule has 0 saturated carbocycles. The van der Waals surface area contributed by atoms with Crippen molar-refractivity contribution in [2.75, 3.05) is 23.9 Å². The average Bonchev–Trinajstić information content (AvgIpc) is 2.72. The van der Waals surface area contributed by atoms with E-state index in [0.717, 1.165) is 0 Å². The summed E-state index contributed by atoms with van der Waals surface area (Å²) in [7, 11) is 3.38. The molecule has 8 nitrogen and oxygen atoms in total. The Morgan fingerprint density at radius 3 is 1.14 bits per heavy atom. The van der Waals surface area contributed by atoms with Crippen molar-refractivity contribution >= 4 is 28.7 Å². The molecule has 0 saturated heterocycles. The Kier molecular flexibility index (Phi) is 7.17. The molecule has 0 atom stereocenters. The molecule has 0 unspecified atom stereocenters. The summed E-state index contributed by atoms with van der Waals surface area (Å²) in [6, 6.07) is 6.24. The fourth-order valence-corrected chi connectivity index (χ4v) is 3.01. The molecule has 0 heterocycles. The van der Waals surface area contributed by atoms with E-state index in [0.29, 0.717) is 16.5 Å². The van der Waals surface area contributed by atoms with Crippen LogP contribution in [0.25, 0.3) is 0 Å². The molecular weight excluding hydrogens is 384 g/mol. The van der Waals surface area contributed by atoms with E-state index >= 15 is 0 Å². The molecule has 0 radical (unpaired) electrons. The van der Waals surface area contributed by atoms with Gasteiger partial charge in [-0.2, -0.15) is 0 Å². The lowest BCUT2D eigenvalue weighted by atomic mass is 10.1. The molecule has 28 heavy (non-hydrogen) atoms. The Bertz CT molecular complexity index is 754. The van der Waals surface area contributed by atoms with Crippen LogP contribution in [-0.2, 0) is 26.4 Å². The fraction of sp³-hybridized carbons (Fsp3) is 0.316. The van der Waals surface area contributed by atoms with E-state index in [1.54, 1.807) is 48.2 Å². The second-order valence-corrected chi connectivity index (χ2v) is 6.62. The first kappa shape index (κ1) is 21.9. The number of aromatic hydroxyl groups is 2. The highest BCUT2D eigenvalue weighted by molar-refractivity contribution is 7.80. The summed E-state index contributed by atoms with van der Waals surface area (Å²) in [5.74, 6) is -0.333. The lowest BCUT2D eigenvalue weighted by Crippen LogP contribution is -2.38. The third-order valence-electron chi connectivity index (χ3n) is 4.53. The van der Waals surface area contributed by atoms with Crippen LogP contribution < -0.4 is 9.80 Å². The summed E-state index contributed by atoms with van der Waals surface area (Å²) >= 11 is 5.52. The van der Waals surface area contributed by atoms with Crippen LogP contribution in [0.1, 0.15) is 22.3 Å². The Balaban J connectivity index is 2.41. The SMILES string of the molecule is CN(C(=S)N(C)c1cc(CO)c(O)c(CO)c1)c1cc(CO)c(O)c(CO)c1. The summed E-state index contributed by atoms with van der Waals surface area (Å²) in [6.45, 7) is -1.61. The van der Waals surface area contributed by atoms with Crippen molar-refractivity contribution in [2.45, 2.75) is 26.4 Å². The van der Waals surface area contributed by atoms with Crippen molar-refractivity contribution in [3.8, 4) is 11.5 Å². The summed E-state index contributed by atoms with van der Waals surface area (Å²) < 4.78 is 0. The third-order valence-corrected chi connectivity index (χ3v) is 5.08. The Morgan fingerprint density at radius 1 is 0.679 bits per heavy atom. The van der Waals surface area contributed by atoms with E-state index in [4.69, 9.17) is 12.2 Å². The number of nitrogens with zero attached hydrogens (tertiary/aromatic N) is 2. The minimum atomic E-state index is -0.402. The van der Waals surface area contributed by atoms with E-state index in [1.807, 2.05) is 0 Å². The molecule has 0 aliphatic heterocycles. The maximum absolute atomic E-state index is 10.0. The first-order valence-electron chi connectivity index (χ1n) is 8.43. The second kappa shape index (κ2) is 9.18. The van der Waals surface area contributed by atoms with Crippen LogP contribution in [0.5, 0.6) is 11.5 Å². The zero-order chi connectivity index (χ0) is 21.0. The van der Waals surface area contributed by atoms with Gasteiger partial charge in [0, 0.05) is 47.7 Å². The van der Waals surface area contributed by atoms with Gasteiger partial charge in [0.05, 0.1) is 26.4 Å². The molecule has 0 aliphatic rings. The molecule has 0 aromatic heterocycles. The largest absolute Gasteiger partial charge is 0.507 e. The van der Waals surface area contributed by atoms with Crippen LogP contribution in [0.4, 0.5) is 11.4 Å². The molecule has 9 heteroatoms. The molecule has 2 aromatic rings. The number of benzene rings is 2. The van der Waals surface area contributed by atoms with Gasteiger partial charge < -0.3 is 40.4 Å². The first-order chi connectivity index (χ1) is 13.3. The van der Waals surface area contributed by atoms with Crippen molar-refractivity contribution in [3.63, 3.8) is 0 Å². The van der Waals surface area contributed by atoms with Crippen LogP contribution in [-0.4, -0.2) is 49.8 Å². The van der Waals surface area contributed by atoms with Gasteiger partial charge in [-0.05, 0) is 36.5 Å². The lowest BCUT2D eigenvalue weighted by molar-refractivity contribution is 0.263. The maximum atomic E-state index is 10.0. The minimum Gasteiger partial charge on any atom is -0.507 e. The van der Waals surface area contributed by atoms with Gasteiger partial charge >= 0.3 is 0 Å². The molecule has 2 aromatic carbocycles. The number of anilines is 2. The van der Waals surface area contributed by atoms with E-state index in [2.05, 4.69) is 0 Å². The normalized spacial score (nSPS) is 10.8. The van der Waals surface area contributed by atoms with Crippen LogP contribution in [0.15, 0.2) is 24.3 Å². The van der Waals surface area contributed by atoms with Crippen molar-refractivity contribution < 1.29 is 30.6 Å². The zero-order valence-corrected chi connectivity index (χ0v) is 16.4. The second-order valence-electron chi connectivity index (χ2n) is 6.26. The number of hydrogen-bond acceptors (Lipinski definition) is 7. The standard InChI is InChI=1S/C19H24N2O6S/c1-20(15-3-11(7-22)17(26)12(4-15)8-23)19(28)21(2)16-5-13(9-24)18(27)14(6-16)10-25/h3-6,22-27H,7-10H2,1-2H3. The van der Waals surface area contributed by atoms with Gasteiger partial charge in [0.15, 0.2) is 5.11 Å². The predicted octanol–water partition coefficient (Wildman–Crippen LogP) is 0.924. The smallest absolute Gasteiger partial charge is 0.180 e. The molecule has 6 N–H and O–H groups in total. The maximum Gasteiger partial charge on any atom is 0.180 e. The predicted molar refractivity (Wildman–Crippen MR) is 109 cm³/mol. The highest BCUT2D eigenvalue weighted by Crippen LogP contribution is 2.32. The summed E-state index contributed by atoms with van der Waals surface area (Å²) in [5, 5.41) is 58.1. The monoisotopic (exact) mass is 408 g/mol. The number of hydrogen-bond donors (Lipinski definition) is 6. The van der Waals surface area contributed by atoms with Crippen molar-refractivity contribution in [1.29, 1.82) is 0 Å². The van der Waals surface area contributed by atoms with Gasteiger partial charge in [0.1, 0.15) is 11.5 Å². The average molecular weight is 408 g/mol. The first-order valence-corrected chi connectivity index (χ1v) is 8.84. The molecule has 0 aliphatic carbocycles. The highest BCUT2D eigenvalue weighted by atomic mass is 32.1. The number of aliphatic hydroxyl groups is 4. The number of phenols is 2. The number of rotatable bonds is 6. The van der Waals surface area contributed by atoms with E-state index in [1.165, 1.54) is 0 Å². The molecule has 0 spiro atoms. The lowest BCUT2D eigenvalue weighted by Gasteiger charge is -2.30. The van der Waals surface area contributed by atoms with Gasteiger partial charge in [-0.15, -0.1) is 0 Å². The molecule has 0 fully saturated rings. The summed E-state index contributed by atoms with van der Waals surface area (Å²) in [6.07, 6.45) is 0. The molecular formula is C19H24N2O6S. The molecule has 2 rings (SSSR count). The molecule has 152 valence electrons. The highest BCUT2D eigenvalue weighted by Gasteiger charge is 2.19. The molecule has 0 amide bonds. The Hall–Kier alpha value is -2.43. The third kappa shape index (κ3) is 4.18. The quantitative estimate of drug-likeness (QED) is 0.387. The van der Waals surface area contributed by atoms with E-state index in [-0.39, 0.29) is 33.8 Å². The fourth-order valence-electron chi connectivity index (χ4n) is 2.80. The van der Waals surface area contributed by atoms with E-state index < -0.39 is 26.4 Å². The van der Waals surface area contributed by atoms with Crippen molar-refractivity contribution in [1.82, 2.24) is 0 Å². The van der Waals surface area contributed by atoms with Gasteiger partial charge in [-0.3, -0.25) is 0 Å². The topological polar surface area (TPSA) is 128 Å². The van der Waals surface area contributed by atoms with Gasteiger partial charge in [0.2, 0.25) is 0 Å². The van der Waals surface area contributed by atoms with Crippen LogP contribution in [0.3, 0.4) is 0 Å². The van der Waals surface area contributed by atoms with Crippen LogP contribution in [0.2, 0.25) is 0 Å². The summed E-state index contributed by atoms with van der Waals surface area (Å²) in [4.78, 5) is 3.24. The van der Waals surface area contributed by atoms with Gasteiger partial charge in [-0.25, -0.2) is 0 Å². The van der Waals surface area contributed by atoms with E-state index in [9.17, 15) is 30.6 Å². The Labute approximate surface area is 168 Å². The number of thiocarbonyl (C=S) groups is 1. The minimum absolute atomic E-state index is 0.167. The van der Waals surface area contributed by atoms with Crippen LogP contribution >= 0.6 is 12.2 Å². The zero-order valence-electron chi connectivity index (χ0n) is 15.6. The number of aliphatic hydroxyl groups excluding tert-OH is 4.